The van der Waals surface area contributed by atoms with Gasteiger partial charge < -0.3 is 0 Å². The third-order valence-electron chi connectivity index (χ3n) is 3.89. The second-order valence-corrected chi connectivity index (χ2v) is 8.02. The van der Waals surface area contributed by atoms with Crippen molar-refractivity contribution in [2.75, 3.05) is 5.32 Å². The molecule has 1 N–H and O–H groups in total. The number of benzene rings is 2. The van der Waals surface area contributed by atoms with Crippen molar-refractivity contribution in [3.05, 3.63) is 85.8 Å². The number of nitrogens with one attached hydrogen (secondary N) is 1. The highest BCUT2D eigenvalue weighted by molar-refractivity contribution is 7.15. The zero-order valence-corrected chi connectivity index (χ0v) is 17.2. The summed E-state index contributed by atoms with van der Waals surface area (Å²) in [5.74, 6) is -0.487. The minimum Gasteiger partial charge on any atom is -0.297 e. The number of nitriles is 1. The fraction of sp³-hybridized carbons (Fsp3) is 0.0952. The predicted molar refractivity (Wildman–Crippen MR) is 115 cm³/mol. The van der Waals surface area contributed by atoms with Crippen molar-refractivity contribution in [1.29, 1.82) is 5.26 Å². The first-order chi connectivity index (χ1) is 13.4. The van der Waals surface area contributed by atoms with Crippen LogP contribution in [0.4, 0.5) is 5.13 Å². The number of rotatable bonds is 5. The van der Waals surface area contributed by atoms with Gasteiger partial charge >= 0.3 is 0 Å². The van der Waals surface area contributed by atoms with Gasteiger partial charge in [-0.15, -0.1) is 11.3 Å². The van der Waals surface area contributed by atoms with E-state index in [0.717, 1.165) is 21.6 Å². The van der Waals surface area contributed by atoms with Gasteiger partial charge in [-0.25, -0.2) is 4.98 Å². The van der Waals surface area contributed by atoms with Crippen LogP contribution in [0.2, 0.25) is 10.0 Å². The summed E-state index contributed by atoms with van der Waals surface area (Å²) in [6, 6.07) is 15.0. The lowest BCUT2D eigenvalue weighted by atomic mass is 10.1. The number of nitrogens with zero attached hydrogens (tertiary/aromatic N) is 2. The number of carbonyl (C=O) groups is 1. The van der Waals surface area contributed by atoms with Gasteiger partial charge in [0.2, 0.25) is 0 Å². The summed E-state index contributed by atoms with van der Waals surface area (Å²) in [5, 5.41) is 13.4. The van der Waals surface area contributed by atoms with Crippen LogP contribution in [0.25, 0.3) is 6.08 Å². The summed E-state index contributed by atoms with van der Waals surface area (Å²) in [6.07, 6.45) is 3.87. The maximum absolute atomic E-state index is 12.4. The van der Waals surface area contributed by atoms with Gasteiger partial charge in [0.05, 0.1) is 10.0 Å². The van der Waals surface area contributed by atoms with Crippen molar-refractivity contribution in [3.63, 3.8) is 0 Å². The van der Waals surface area contributed by atoms with Crippen molar-refractivity contribution < 1.29 is 4.79 Å². The lowest BCUT2D eigenvalue weighted by molar-refractivity contribution is -0.112. The smallest absolute Gasteiger partial charge is 0.268 e. The van der Waals surface area contributed by atoms with Gasteiger partial charge in [-0.3, -0.25) is 10.1 Å². The first kappa shape index (κ1) is 20.1. The molecular weight excluding hydrogens is 413 g/mol. The molecule has 0 saturated heterocycles. The van der Waals surface area contributed by atoms with Crippen LogP contribution in [-0.4, -0.2) is 10.9 Å². The van der Waals surface area contributed by atoms with Gasteiger partial charge in [0.25, 0.3) is 5.91 Å². The van der Waals surface area contributed by atoms with Crippen LogP contribution in [0.3, 0.4) is 0 Å². The molecular formula is C21H15Cl2N3OS. The summed E-state index contributed by atoms with van der Waals surface area (Å²) >= 11 is 13.3. The SMILES string of the molecule is Cc1ccc(/C=C(\C#N)C(=O)Nc2ncc(Cc3ccc(Cl)c(Cl)c3)s2)cc1. The third-order valence-corrected chi connectivity index (χ3v) is 5.54. The number of halogens is 2. The maximum Gasteiger partial charge on any atom is 0.268 e. The highest BCUT2D eigenvalue weighted by Gasteiger charge is 2.12. The Morgan fingerprint density at radius 3 is 2.64 bits per heavy atom. The summed E-state index contributed by atoms with van der Waals surface area (Å²) in [7, 11) is 0. The van der Waals surface area contributed by atoms with Crippen LogP contribution in [0.5, 0.6) is 0 Å². The Morgan fingerprint density at radius 1 is 1.21 bits per heavy atom. The molecule has 7 heteroatoms. The fourth-order valence-corrected chi connectivity index (χ4v) is 3.60. The van der Waals surface area contributed by atoms with E-state index in [1.807, 2.05) is 43.3 Å². The van der Waals surface area contributed by atoms with E-state index in [4.69, 9.17) is 23.2 Å². The molecule has 3 aromatic rings. The van der Waals surface area contributed by atoms with Gasteiger partial charge in [0.15, 0.2) is 5.13 Å². The van der Waals surface area contributed by atoms with Crippen molar-refractivity contribution in [2.45, 2.75) is 13.3 Å². The van der Waals surface area contributed by atoms with E-state index in [1.165, 1.54) is 11.3 Å². The average molecular weight is 428 g/mol. The Morgan fingerprint density at radius 2 is 1.96 bits per heavy atom. The quantitative estimate of drug-likeness (QED) is 0.407. The Kier molecular flexibility index (Phi) is 6.48. The molecule has 1 aromatic heterocycles. The van der Waals surface area contributed by atoms with Gasteiger partial charge in [0.1, 0.15) is 11.6 Å². The van der Waals surface area contributed by atoms with E-state index >= 15 is 0 Å². The molecule has 0 atom stereocenters. The molecule has 0 fully saturated rings. The average Bonchev–Trinajstić information content (AvgIpc) is 3.11. The van der Waals surface area contributed by atoms with Gasteiger partial charge in [-0.1, -0.05) is 59.1 Å². The van der Waals surface area contributed by atoms with E-state index in [9.17, 15) is 10.1 Å². The molecule has 3 rings (SSSR count). The van der Waals surface area contributed by atoms with E-state index < -0.39 is 5.91 Å². The van der Waals surface area contributed by atoms with Crippen LogP contribution >= 0.6 is 34.5 Å². The lowest BCUT2D eigenvalue weighted by Crippen LogP contribution is -2.13. The third kappa shape index (κ3) is 5.20. The van der Waals surface area contributed by atoms with Crippen LogP contribution in [0, 0.1) is 18.3 Å². The predicted octanol–water partition coefficient (Wildman–Crippen LogP) is 5.89. The molecule has 1 amide bonds. The number of aromatic nitrogens is 1. The Labute approximate surface area is 177 Å². The molecule has 1 heterocycles. The summed E-state index contributed by atoms with van der Waals surface area (Å²) < 4.78 is 0. The molecule has 0 aliphatic rings. The maximum atomic E-state index is 12.4. The zero-order chi connectivity index (χ0) is 20.1. The molecule has 0 spiro atoms. The normalized spacial score (nSPS) is 11.1. The van der Waals surface area contributed by atoms with Crippen LogP contribution in [0.15, 0.2) is 54.2 Å². The minimum atomic E-state index is -0.487. The monoisotopic (exact) mass is 427 g/mol. The van der Waals surface area contributed by atoms with E-state index in [0.29, 0.717) is 21.6 Å². The molecule has 4 nitrogen and oxygen atoms in total. The molecule has 0 unspecified atom stereocenters. The number of hydrogen-bond donors (Lipinski definition) is 1. The summed E-state index contributed by atoms with van der Waals surface area (Å²) in [5.41, 5.74) is 2.91. The summed E-state index contributed by atoms with van der Waals surface area (Å²) in [6.45, 7) is 1.98. The fourth-order valence-electron chi connectivity index (χ4n) is 2.44. The van der Waals surface area contributed by atoms with Gasteiger partial charge in [-0.05, 0) is 36.3 Å². The first-order valence-corrected chi connectivity index (χ1v) is 9.90. The van der Waals surface area contributed by atoms with Crippen molar-refractivity contribution in [2.24, 2.45) is 0 Å². The zero-order valence-electron chi connectivity index (χ0n) is 14.9. The highest BCUT2D eigenvalue weighted by atomic mass is 35.5. The number of amides is 1. The Hall–Kier alpha value is -2.65. The van der Waals surface area contributed by atoms with Crippen molar-refractivity contribution in [1.82, 2.24) is 4.98 Å². The van der Waals surface area contributed by atoms with E-state index in [2.05, 4.69) is 10.3 Å². The molecule has 0 saturated carbocycles. The molecule has 0 bridgehead atoms. The first-order valence-electron chi connectivity index (χ1n) is 8.33. The Bertz CT molecular complexity index is 1080. The van der Waals surface area contributed by atoms with Crippen LogP contribution < -0.4 is 5.32 Å². The van der Waals surface area contributed by atoms with Gasteiger partial charge in [-0.2, -0.15) is 5.26 Å². The summed E-state index contributed by atoms with van der Waals surface area (Å²) in [4.78, 5) is 17.6. The molecule has 28 heavy (non-hydrogen) atoms. The van der Waals surface area contributed by atoms with Gasteiger partial charge in [0, 0.05) is 17.5 Å². The number of aryl methyl sites for hydroxylation is 1. The number of carbonyl (C=O) groups excluding carboxylic acids is 1. The molecule has 2 aromatic carbocycles. The topological polar surface area (TPSA) is 65.8 Å². The van der Waals surface area contributed by atoms with Crippen molar-refractivity contribution >= 4 is 51.7 Å². The standard InChI is InChI=1S/C21H15Cl2N3OS/c1-13-2-4-14(5-3-13)8-16(11-24)20(27)26-21-25-12-17(28-21)9-15-6-7-18(22)19(23)10-15/h2-8,10,12H,9H2,1H3,(H,25,26,27)/b16-8+. The van der Waals surface area contributed by atoms with Crippen LogP contribution in [-0.2, 0) is 11.2 Å². The molecule has 140 valence electrons. The number of thiazole rings is 1. The molecule has 0 radical (unpaired) electrons. The van der Waals surface area contributed by atoms with Crippen molar-refractivity contribution in [3.8, 4) is 6.07 Å². The second-order valence-electron chi connectivity index (χ2n) is 6.09. The molecule has 0 aliphatic heterocycles. The highest BCUT2D eigenvalue weighted by Crippen LogP contribution is 2.26. The lowest BCUT2D eigenvalue weighted by Gasteiger charge is -2.02. The molecule has 0 aliphatic carbocycles. The van der Waals surface area contributed by atoms with E-state index in [-0.39, 0.29) is 5.57 Å². The number of hydrogen-bond acceptors (Lipinski definition) is 4. The second kappa shape index (κ2) is 9.03. The minimum absolute atomic E-state index is 0.0186. The van der Waals surface area contributed by atoms with E-state index in [1.54, 1.807) is 24.4 Å². The Balaban J connectivity index is 1.69. The largest absolute Gasteiger partial charge is 0.297 e. The van der Waals surface area contributed by atoms with Crippen LogP contribution in [0.1, 0.15) is 21.6 Å². The number of anilines is 1.